The van der Waals surface area contributed by atoms with Crippen LogP contribution in [0.25, 0.3) is 0 Å². The zero-order valence-electron chi connectivity index (χ0n) is 3.85. The van der Waals surface area contributed by atoms with Crippen molar-refractivity contribution in [2.24, 2.45) is 0 Å². The summed E-state index contributed by atoms with van der Waals surface area (Å²) in [5, 5.41) is 8.23. The van der Waals surface area contributed by atoms with E-state index in [0.29, 0.717) is 0 Å². The van der Waals surface area contributed by atoms with Crippen LogP contribution in [0.4, 0.5) is 0 Å². The van der Waals surface area contributed by atoms with Crippen LogP contribution in [0, 0.1) is 11.3 Å². The smallest absolute Gasteiger partial charge is 0.106 e. The highest BCUT2D eigenvalue weighted by molar-refractivity contribution is 8.03. The van der Waals surface area contributed by atoms with Crippen molar-refractivity contribution in [3.8, 4) is 6.07 Å². The number of hydrogen-bond donors (Lipinski definition) is 0. The molecule has 0 atom stereocenters. The zero-order chi connectivity index (χ0) is 5.11. The van der Waals surface area contributed by atoms with Crippen LogP contribution in [-0.2, 0) is 0 Å². The summed E-state index contributed by atoms with van der Waals surface area (Å²) in [6.45, 7) is 0. The molecule has 2 heteroatoms. The highest BCUT2D eigenvalue weighted by atomic mass is 32.2. The summed E-state index contributed by atoms with van der Waals surface area (Å²) in [5.41, 5.74) is 0. The molecule has 0 bridgehead atoms. The van der Waals surface area contributed by atoms with Crippen LogP contribution >= 0.6 is 11.8 Å². The van der Waals surface area contributed by atoms with E-state index in [1.54, 1.807) is 11.8 Å². The molecule has 1 nitrogen and oxygen atoms in total. The van der Waals surface area contributed by atoms with Gasteiger partial charge in [0.1, 0.15) is 6.07 Å². The van der Waals surface area contributed by atoms with E-state index in [9.17, 15) is 0 Å². The van der Waals surface area contributed by atoms with E-state index >= 15 is 0 Å². The molecule has 0 fully saturated rings. The maximum Gasteiger partial charge on any atom is 0.106 e. The van der Waals surface area contributed by atoms with Gasteiger partial charge in [0.2, 0.25) is 0 Å². The molecule has 0 aromatic carbocycles. The number of rotatable bonds is 0. The van der Waals surface area contributed by atoms with Gasteiger partial charge in [-0.2, -0.15) is 5.26 Å². The zero-order valence-corrected chi connectivity index (χ0v) is 4.66. The fourth-order valence-electron chi connectivity index (χ4n) is 0.496. The lowest BCUT2D eigenvalue weighted by atomic mass is 10.4. The third-order valence-corrected chi connectivity index (χ3v) is 1.82. The van der Waals surface area contributed by atoms with Gasteiger partial charge < -0.3 is 0 Å². The Balaban J connectivity index is 2.57. The second-order valence-corrected chi connectivity index (χ2v) is 2.45. The monoisotopic (exact) mass is 111 g/mol. The first-order chi connectivity index (χ1) is 3.43. The summed E-state index contributed by atoms with van der Waals surface area (Å²) in [6, 6.07) is 2.09. The molecule has 0 amide bonds. The summed E-state index contributed by atoms with van der Waals surface area (Å²) in [4.78, 5) is 0.889. The lowest BCUT2D eigenvalue weighted by Gasteiger charge is -1.77. The van der Waals surface area contributed by atoms with Gasteiger partial charge in [0, 0.05) is 5.75 Å². The van der Waals surface area contributed by atoms with E-state index in [2.05, 4.69) is 6.07 Å². The molecule has 7 heavy (non-hydrogen) atoms. The lowest BCUT2D eigenvalue weighted by molar-refractivity contribution is 1.27. The molecule has 1 rings (SSSR count). The van der Waals surface area contributed by atoms with Crippen molar-refractivity contribution in [1.82, 2.24) is 0 Å². The Morgan fingerprint density at radius 1 is 1.86 bits per heavy atom. The van der Waals surface area contributed by atoms with Crippen LogP contribution in [0.15, 0.2) is 11.0 Å². The maximum absolute atomic E-state index is 8.23. The largest absolute Gasteiger partial charge is 0.192 e. The van der Waals surface area contributed by atoms with Crippen molar-refractivity contribution >= 4 is 11.8 Å². The minimum absolute atomic E-state index is 0.889. The number of nitriles is 1. The van der Waals surface area contributed by atoms with Crippen molar-refractivity contribution < 1.29 is 0 Å². The predicted octanol–water partition coefficient (Wildman–Crippen LogP) is 1.53. The van der Waals surface area contributed by atoms with Crippen molar-refractivity contribution in [3.05, 3.63) is 11.0 Å². The molecule has 0 radical (unpaired) electrons. The molecule has 0 unspecified atom stereocenters. The maximum atomic E-state index is 8.23. The number of allylic oxidation sites excluding steroid dienone is 2. The third-order valence-electron chi connectivity index (χ3n) is 0.815. The van der Waals surface area contributed by atoms with Crippen LogP contribution in [0.3, 0.4) is 0 Å². The van der Waals surface area contributed by atoms with Gasteiger partial charge in [0.25, 0.3) is 0 Å². The Labute approximate surface area is 47.0 Å². The molecule has 0 N–H and O–H groups in total. The number of hydrogen-bond acceptors (Lipinski definition) is 2. The van der Waals surface area contributed by atoms with Crippen LogP contribution < -0.4 is 0 Å². The first-order valence-electron chi connectivity index (χ1n) is 2.16. The molecule has 0 aliphatic carbocycles. The van der Waals surface area contributed by atoms with Gasteiger partial charge >= 0.3 is 0 Å². The third kappa shape index (κ3) is 0.971. The molecule has 36 valence electrons. The number of thioether (sulfide) groups is 1. The van der Waals surface area contributed by atoms with Gasteiger partial charge in [-0.15, -0.1) is 11.8 Å². The van der Waals surface area contributed by atoms with Crippen molar-refractivity contribution in [2.45, 2.75) is 6.42 Å². The predicted molar refractivity (Wildman–Crippen MR) is 30.8 cm³/mol. The van der Waals surface area contributed by atoms with Gasteiger partial charge in [-0.25, -0.2) is 0 Å². The summed E-state index contributed by atoms with van der Waals surface area (Å²) in [6.07, 6.45) is 3.05. The van der Waals surface area contributed by atoms with Gasteiger partial charge in [0.15, 0.2) is 0 Å². The number of nitrogens with zero attached hydrogens (tertiary/aromatic N) is 1. The van der Waals surface area contributed by atoms with Crippen molar-refractivity contribution in [1.29, 1.82) is 5.26 Å². The van der Waals surface area contributed by atoms with Crippen LogP contribution in [-0.4, -0.2) is 5.75 Å². The average molecular weight is 111 g/mol. The Morgan fingerprint density at radius 2 is 2.71 bits per heavy atom. The van der Waals surface area contributed by atoms with E-state index < -0.39 is 0 Å². The molecular weight excluding hydrogens is 106 g/mol. The molecule has 0 aromatic rings. The SMILES string of the molecule is N#CC1=CCCS1. The summed E-state index contributed by atoms with van der Waals surface area (Å²) in [7, 11) is 0. The minimum atomic E-state index is 0.889. The standard InChI is InChI=1S/C5H5NS/c6-4-5-2-1-3-7-5/h2H,1,3H2. The molecule has 0 aromatic heterocycles. The van der Waals surface area contributed by atoms with Crippen molar-refractivity contribution in [2.75, 3.05) is 5.75 Å². The van der Waals surface area contributed by atoms with Gasteiger partial charge in [-0.1, -0.05) is 6.08 Å². The molecule has 0 spiro atoms. The summed E-state index contributed by atoms with van der Waals surface area (Å²) < 4.78 is 0. The summed E-state index contributed by atoms with van der Waals surface area (Å²) >= 11 is 1.64. The van der Waals surface area contributed by atoms with Crippen LogP contribution in [0.5, 0.6) is 0 Å². The van der Waals surface area contributed by atoms with Gasteiger partial charge in [0.05, 0.1) is 4.91 Å². The van der Waals surface area contributed by atoms with Gasteiger partial charge in [-0.3, -0.25) is 0 Å². The van der Waals surface area contributed by atoms with Crippen molar-refractivity contribution in [3.63, 3.8) is 0 Å². The Morgan fingerprint density at radius 3 is 3.00 bits per heavy atom. The highest BCUT2D eigenvalue weighted by Gasteiger charge is 2.00. The highest BCUT2D eigenvalue weighted by Crippen LogP contribution is 2.22. The molecular formula is C5H5NS. The second-order valence-electron chi connectivity index (χ2n) is 1.32. The Bertz CT molecular complexity index is 132. The quantitative estimate of drug-likeness (QED) is 0.473. The molecule has 0 saturated heterocycles. The second kappa shape index (κ2) is 2.04. The first kappa shape index (κ1) is 4.73. The fourth-order valence-corrected chi connectivity index (χ4v) is 1.25. The van der Waals surface area contributed by atoms with Crippen LogP contribution in [0.1, 0.15) is 6.42 Å². The topological polar surface area (TPSA) is 23.8 Å². The van der Waals surface area contributed by atoms with E-state index in [-0.39, 0.29) is 0 Å². The summed E-state index contributed by atoms with van der Waals surface area (Å²) in [5.74, 6) is 1.10. The molecule has 0 saturated carbocycles. The van der Waals surface area contributed by atoms with E-state index in [1.165, 1.54) is 0 Å². The molecule has 1 aliphatic rings. The molecule has 1 aliphatic heterocycles. The molecule has 1 heterocycles. The fraction of sp³-hybridized carbons (Fsp3) is 0.400. The van der Waals surface area contributed by atoms with E-state index in [1.807, 2.05) is 6.08 Å². The van der Waals surface area contributed by atoms with Gasteiger partial charge in [-0.05, 0) is 6.42 Å². The normalized spacial score (nSPS) is 18.4. The minimum Gasteiger partial charge on any atom is -0.192 e. The van der Waals surface area contributed by atoms with Crippen LogP contribution in [0.2, 0.25) is 0 Å². The lowest BCUT2D eigenvalue weighted by Crippen LogP contribution is -1.58. The van der Waals surface area contributed by atoms with E-state index in [0.717, 1.165) is 17.1 Å². The average Bonchev–Trinajstić information content (AvgIpc) is 2.14. The van der Waals surface area contributed by atoms with E-state index in [4.69, 9.17) is 5.26 Å². The Hall–Kier alpha value is -0.420. The first-order valence-corrected chi connectivity index (χ1v) is 3.15. The Kier molecular flexibility index (Phi) is 1.38.